The predicted molar refractivity (Wildman–Crippen MR) is 59.9 cm³/mol. The van der Waals surface area contributed by atoms with Gasteiger partial charge in [0.25, 0.3) is 0 Å². The van der Waals surface area contributed by atoms with E-state index >= 15 is 0 Å². The third-order valence-electron chi connectivity index (χ3n) is 4.10. The molecular formula is C13H17NO. The molecule has 80 valence electrons. The van der Waals surface area contributed by atoms with Gasteiger partial charge >= 0.3 is 0 Å². The third-order valence-corrected chi connectivity index (χ3v) is 4.10. The van der Waals surface area contributed by atoms with Gasteiger partial charge in [-0.2, -0.15) is 0 Å². The molecule has 2 heteroatoms. The lowest BCUT2D eigenvalue weighted by molar-refractivity contribution is 0.0738. The lowest BCUT2D eigenvalue weighted by atomic mass is 9.73. The van der Waals surface area contributed by atoms with Crippen molar-refractivity contribution in [3.8, 4) is 0 Å². The number of benzene rings is 1. The Morgan fingerprint density at radius 2 is 1.93 bits per heavy atom. The van der Waals surface area contributed by atoms with Crippen LogP contribution in [-0.2, 0) is 11.8 Å². The van der Waals surface area contributed by atoms with Crippen LogP contribution in [-0.4, -0.2) is 24.3 Å². The van der Waals surface area contributed by atoms with Crippen molar-refractivity contribution in [1.29, 1.82) is 0 Å². The van der Waals surface area contributed by atoms with Crippen LogP contribution in [0.25, 0.3) is 0 Å². The minimum Gasteiger partial charge on any atom is -0.392 e. The zero-order valence-corrected chi connectivity index (χ0v) is 8.87. The summed E-state index contributed by atoms with van der Waals surface area (Å²) in [5.74, 6) is 0. The van der Waals surface area contributed by atoms with Crippen molar-refractivity contribution in [2.75, 3.05) is 13.1 Å². The third kappa shape index (κ3) is 1.25. The minimum atomic E-state index is -0.169. The van der Waals surface area contributed by atoms with Crippen molar-refractivity contribution in [3.63, 3.8) is 0 Å². The van der Waals surface area contributed by atoms with E-state index in [4.69, 9.17) is 0 Å². The van der Waals surface area contributed by atoms with Crippen LogP contribution in [0.2, 0.25) is 0 Å². The second kappa shape index (κ2) is 3.32. The van der Waals surface area contributed by atoms with Crippen LogP contribution in [0.15, 0.2) is 24.3 Å². The van der Waals surface area contributed by atoms with Crippen molar-refractivity contribution in [1.82, 2.24) is 5.32 Å². The number of piperidine rings is 1. The summed E-state index contributed by atoms with van der Waals surface area (Å²) in [7, 11) is 0. The number of hydrogen-bond donors (Lipinski definition) is 2. The van der Waals surface area contributed by atoms with Crippen LogP contribution in [0.5, 0.6) is 0 Å². The van der Waals surface area contributed by atoms with E-state index in [2.05, 4.69) is 29.6 Å². The summed E-state index contributed by atoms with van der Waals surface area (Å²) in [6, 6.07) is 8.54. The van der Waals surface area contributed by atoms with Crippen LogP contribution in [0.4, 0.5) is 0 Å². The first-order valence-electron chi connectivity index (χ1n) is 5.80. The number of aliphatic hydroxyl groups is 1. The largest absolute Gasteiger partial charge is 0.392 e. The van der Waals surface area contributed by atoms with Crippen LogP contribution in [0.1, 0.15) is 24.0 Å². The molecule has 1 spiro atoms. The molecule has 0 bridgehead atoms. The number of aliphatic hydroxyl groups excluding tert-OH is 1. The second-order valence-electron chi connectivity index (χ2n) is 4.78. The Balaban J connectivity index is 2.07. The van der Waals surface area contributed by atoms with E-state index in [1.165, 1.54) is 11.1 Å². The molecule has 1 unspecified atom stereocenters. The minimum absolute atomic E-state index is 0.0574. The van der Waals surface area contributed by atoms with Gasteiger partial charge in [0.1, 0.15) is 0 Å². The summed E-state index contributed by atoms with van der Waals surface area (Å²) in [6.45, 7) is 2.07. The molecule has 0 saturated carbocycles. The van der Waals surface area contributed by atoms with Crippen LogP contribution in [0.3, 0.4) is 0 Å². The van der Waals surface area contributed by atoms with Gasteiger partial charge in [0.15, 0.2) is 0 Å². The summed E-state index contributed by atoms with van der Waals surface area (Å²) >= 11 is 0. The average Bonchev–Trinajstić information content (AvgIpc) is 2.55. The molecular weight excluding hydrogens is 186 g/mol. The molecule has 0 radical (unpaired) electrons. The first kappa shape index (κ1) is 9.37. The standard InChI is InChI=1S/C13H17NO/c15-12-9-10-3-1-2-4-11(10)13(12)5-7-14-8-6-13/h1-4,12,14-15H,5-9H2. The lowest BCUT2D eigenvalue weighted by Gasteiger charge is -2.37. The topological polar surface area (TPSA) is 32.3 Å². The van der Waals surface area contributed by atoms with Gasteiger partial charge in [-0.15, -0.1) is 0 Å². The van der Waals surface area contributed by atoms with E-state index in [-0.39, 0.29) is 11.5 Å². The molecule has 1 aliphatic heterocycles. The smallest absolute Gasteiger partial charge is 0.0678 e. The Morgan fingerprint density at radius 3 is 2.73 bits per heavy atom. The van der Waals surface area contributed by atoms with Gasteiger partial charge in [-0.05, 0) is 43.5 Å². The van der Waals surface area contributed by atoms with Gasteiger partial charge in [0.2, 0.25) is 0 Å². The molecule has 15 heavy (non-hydrogen) atoms. The summed E-state index contributed by atoms with van der Waals surface area (Å²) in [5, 5.41) is 13.7. The zero-order chi connectivity index (χ0) is 10.3. The van der Waals surface area contributed by atoms with Gasteiger partial charge in [-0.25, -0.2) is 0 Å². The highest BCUT2D eigenvalue weighted by atomic mass is 16.3. The Hall–Kier alpha value is -0.860. The highest BCUT2D eigenvalue weighted by Gasteiger charge is 2.46. The highest BCUT2D eigenvalue weighted by Crippen LogP contribution is 2.44. The molecule has 1 aromatic rings. The first-order valence-corrected chi connectivity index (χ1v) is 5.80. The molecule has 1 heterocycles. The van der Waals surface area contributed by atoms with E-state index in [0.29, 0.717) is 0 Å². The Bertz CT molecular complexity index is 369. The average molecular weight is 203 g/mol. The molecule has 2 nitrogen and oxygen atoms in total. The molecule has 1 fully saturated rings. The second-order valence-corrected chi connectivity index (χ2v) is 4.78. The molecule has 1 atom stereocenters. The number of fused-ring (bicyclic) bond motifs is 2. The van der Waals surface area contributed by atoms with Gasteiger partial charge in [-0.1, -0.05) is 24.3 Å². The van der Waals surface area contributed by atoms with Crippen molar-refractivity contribution >= 4 is 0 Å². The maximum atomic E-state index is 10.3. The molecule has 2 aliphatic rings. The molecule has 0 aromatic heterocycles. The quantitative estimate of drug-likeness (QED) is 0.664. The van der Waals surface area contributed by atoms with Crippen molar-refractivity contribution in [3.05, 3.63) is 35.4 Å². The van der Waals surface area contributed by atoms with E-state index in [9.17, 15) is 5.11 Å². The molecule has 1 saturated heterocycles. The van der Waals surface area contributed by atoms with Gasteiger partial charge in [0.05, 0.1) is 6.10 Å². The number of nitrogens with one attached hydrogen (secondary N) is 1. The highest BCUT2D eigenvalue weighted by molar-refractivity contribution is 5.42. The van der Waals surface area contributed by atoms with Crippen molar-refractivity contribution in [2.24, 2.45) is 0 Å². The maximum Gasteiger partial charge on any atom is 0.0678 e. The number of hydrogen-bond acceptors (Lipinski definition) is 2. The molecule has 1 aliphatic carbocycles. The van der Waals surface area contributed by atoms with E-state index < -0.39 is 0 Å². The Labute approximate surface area is 90.3 Å². The summed E-state index contributed by atoms with van der Waals surface area (Å²) < 4.78 is 0. The van der Waals surface area contributed by atoms with E-state index in [1.54, 1.807) is 0 Å². The summed E-state index contributed by atoms with van der Waals surface area (Å²) in [6.07, 6.45) is 2.82. The number of rotatable bonds is 0. The van der Waals surface area contributed by atoms with Crippen LogP contribution >= 0.6 is 0 Å². The first-order chi connectivity index (χ1) is 7.33. The Kier molecular flexibility index (Phi) is 2.08. The maximum absolute atomic E-state index is 10.3. The van der Waals surface area contributed by atoms with Crippen LogP contribution in [0, 0.1) is 0 Å². The predicted octanol–water partition coefficient (Wildman–Crippen LogP) is 1.22. The normalized spacial score (nSPS) is 27.9. The van der Waals surface area contributed by atoms with Gasteiger partial charge in [0, 0.05) is 5.41 Å². The fourth-order valence-corrected chi connectivity index (χ4v) is 3.24. The molecule has 1 aromatic carbocycles. The molecule has 2 N–H and O–H groups in total. The molecule has 0 amide bonds. The van der Waals surface area contributed by atoms with Gasteiger partial charge in [-0.3, -0.25) is 0 Å². The fourth-order valence-electron chi connectivity index (χ4n) is 3.24. The van der Waals surface area contributed by atoms with Crippen molar-refractivity contribution < 1.29 is 5.11 Å². The molecule has 3 rings (SSSR count). The SMILES string of the molecule is OC1Cc2ccccc2C12CCNCC2. The fraction of sp³-hybridized carbons (Fsp3) is 0.538. The lowest BCUT2D eigenvalue weighted by Crippen LogP contribution is -2.45. The summed E-state index contributed by atoms with van der Waals surface area (Å²) in [4.78, 5) is 0. The summed E-state index contributed by atoms with van der Waals surface area (Å²) in [5.41, 5.74) is 2.81. The monoisotopic (exact) mass is 203 g/mol. The van der Waals surface area contributed by atoms with Crippen LogP contribution < -0.4 is 5.32 Å². The van der Waals surface area contributed by atoms with E-state index in [0.717, 1.165) is 32.4 Å². The Morgan fingerprint density at radius 1 is 1.20 bits per heavy atom. The van der Waals surface area contributed by atoms with Gasteiger partial charge < -0.3 is 10.4 Å². The van der Waals surface area contributed by atoms with E-state index in [1.807, 2.05) is 0 Å². The van der Waals surface area contributed by atoms with Crippen molar-refractivity contribution in [2.45, 2.75) is 30.8 Å². The zero-order valence-electron chi connectivity index (χ0n) is 8.87.